The molecule has 7 heteroatoms. The Labute approximate surface area is 78.4 Å². The molecule has 0 heterocycles. The first-order chi connectivity index (χ1) is 5.56. The lowest BCUT2D eigenvalue weighted by Gasteiger charge is -2.16. The van der Waals surface area contributed by atoms with Gasteiger partial charge in [0.15, 0.2) is 0 Å². The van der Waals surface area contributed by atoms with Gasteiger partial charge in [0.05, 0.1) is 0 Å². The highest BCUT2D eigenvalue weighted by Gasteiger charge is 2.07. The van der Waals surface area contributed by atoms with Gasteiger partial charge in [0.1, 0.15) is 0 Å². The lowest BCUT2D eigenvalue weighted by Crippen LogP contribution is -2.26. The highest BCUT2D eigenvalue weighted by Crippen LogP contribution is 2.25. The molecule has 0 atom stereocenters. The van der Waals surface area contributed by atoms with E-state index in [1.54, 1.807) is 0 Å². The second-order valence-electron chi connectivity index (χ2n) is 3.78. The molecule has 13 heavy (non-hydrogen) atoms. The van der Waals surface area contributed by atoms with E-state index in [1.165, 1.54) is 0 Å². The minimum absolute atomic E-state index is 0.409. The number of phosphoric acid groups is 1. The Balaban J connectivity index is 0. The average molecular weight is 214 g/mol. The van der Waals surface area contributed by atoms with E-state index >= 15 is 0 Å². The van der Waals surface area contributed by atoms with Crippen LogP contribution in [0.3, 0.4) is 0 Å². The molecule has 0 aliphatic rings. The van der Waals surface area contributed by atoms with Gasteiger partial charge in [0.25, 0.3) is 0 Å². The molecule has 6 N–H and O–H groups in total. The summed E-state index contributed by atoms with van der Waals surface area (Å²) in [6.45, 7) is 7.50. The molecule has 82 valence electrons. The van der Waals surface area contributed by atoms with Gasteiger partial charge in [0, 0.05) is 6.54 Å². The van der Waals surface area contributed by atoms with Crippen LogP contribution in [0, 0.1) is 5.41 Å². The van der Waals surface area contributed by atoms with E-state index < -0.39 is 7.82 Å². The molecule has 0 saturated carbocycles. The summed E-state index contributed by atoms with van der Waals surface area (Å²) < 4.78 is 8.88. The van der Waals surface area contributed by atoms with Crippen LogP contribution in [-0.4, -0.2) is 21.2 Å². The van der Waals surface area contributed by atoms with E-state index in [1.807, 2.05) is 0 Å². The number of rotatable bonds is 2. The minimum Gasteiger partial charge on any atom is -0.303 e. The number of hydrogen-bond acceptors (Lipinski definition) is 3. The fourth-order valence-electron chi connectivity index (χ4n) is 0.447. The van der Waals surface area contributed by atoms with Crippen molar-refractivity contribution in [2.24, 2.45) is 11.3 Å². The first-order valence-electron chi connectivity index (χ1n) is 3.78. The molecular formula is C6H19N2O4P. The summed E-state index contributed by atoms with van der Waals surface area (Å²) in [4.78, 5) is 21.6. The van der Waals surface area contributed by atoms with Crippen molar-refractivity contribution in [3.05, 3.63) is 0 Å². The van der Waals surface area contributed by atoms with E-state index in [2.05, 4.69) is 26.2 Å². The summed E-state index contributed by atoms with van der Waals surface area (Å²) in [6.07, 6.45) is 1.13. The van der Waals surface area contributed by atoms with Crippen LogP contribution in [-0.2, 0) is 4.57 Å². The Hall–Kier alpha value is 0.0300. The summed E-state index contributed by atoms with van der Waals surface area (Å²) >= 11 is 0. The summed E-state index contributed by atoms with van der Waals surface area (Å²) in [6, 6.07) is 0. The van der Waals surface area contributed by atoms with Crippen molar-refractivity contribution < 1.29 is 19.2 Å². The molecular weight excluding hydrogens is 195 g/mol. The molecule has 0 aliphatic carbocycles. The van der Waals surface area contributed by atoms with Crippen LogP contribution in [0.15, 0.2) is 0 Å². The fraction of sp³-hybridized carbons (Fsp3) is 1.00. The van der Waals surface area contributed by atoms with Gasteiger partial charge in [-0.3, -0.25) is 11.3 Å². The molecule has 0 aromatic rings. The lowest BCUT2D eigenvalue weighted by molar-refractivity contribution is 0.275. The topological polar surface area (TPSA) is 116 Å². The minimum atomic E-state index is -4.64. The van der Waals surface area contributed by atoms with Gasteiger partial charge >= 0.3 is 7.82 Å². The summed E-state index contributed by atoms with van der Waals surface area (Å²) in [5, 5.41) is 0. The van der Waals surface area contributed by atoms with Gasteiger partial charge in [-0.2, -0.15) is 0 Å². The van der Waals surface area contributed by atoms with Crippen LogP contribution in [0.25, 0.3) is 0 Å². The highest BCUT2D eigenvalue weighted by atomic mass is 31.2. The van der Waals surface area contributed by atoms with Crippen LogP contribution in [0.5, 0.6) is 0 Å². The normalized spacial score (nSPS) is 11.9. The Morgan fingerprint density at radius 1 is 1.31 bits per heavy atom. The van der Waals surface area contributed by atoms with Crippen LogP contribution < -0.4 is 11.3 Å². The monoisotopic (exact) mass is 214 g/mol. The van der Waals surface area contributed by atoms with Gasteiger partial charge in [-0.15, -0.1) is 0 Å². The fourth-order valence-corrected chi connectivity index (χ4v) is 0.447. The van der Waals surface area contributed by atoms with Gasteiger partial charge in [0.2, 0.25) is 0 Å². The lowest BCUT2D eigenvalue weighted by atomic mass is 9.93. The van der Waals surface area contributed by atoms with E-state index in [0.29, 0.717) is 5.41 Å². The van der Waals surface area contributed by atoms with Crippen molar-refractivity contribution in [3.8, 4) is 0 Å². The standard InChI is InChI=1S/C6H16N2.H3O4P/c1-6(2,3)4-5-8-7;1-5(2,3)4/h8H,4-5,7H2,1-3H3;(H3,1,2,3,4). The van der Waals surface area contributed by atoms with Gasteiger partial charge < -0.3 is 14.7 Å². The zero-order valence-corrected chi connectivity index (χ0v) is 9.08. The van der Waals surface area contributed by atoms with Crippen LogP contribution in [0.2, 0.25) is 0 Å². The van der Waals surface area contributed by atoms with Crippen molar-refractivity contribution >= 4 is 7.82 Å². The molecule has 0 aromatic carbocycles. The van der Waals surface area contributed by atoms with E-state index in [-0.39, 0.29) is 0 Å². The third kappa shape index (κ3) is 47.8. The molecule has 0 rings (SSSR count). The highest BCUT2D eigenvalue weighted by molar-refractivity contribution is 7.45. The molecule has 0 aromatic heterocycles. The zero-order valence-electron chi connectivity index (χ0n) is 8.19. The van der Waals surface area contributed by atoms with Crippen molar-refractivity contribution in [1.29, 1.82) is 0 Å². The number of hydrazine groups is 1. The zero-order chi connectivity index (χ0) is 11.1. The summed E-state index contributed by atoms with van der Waals surface area (Å²) in [5.74, 6) is 5.09. The van der Waals surface area contributed by atoms with Crippen molar-refractivity contribution in [2.75, 3.05) is 6.54 Å². The third-order valence-electron chi connectivity index (χ3n) is 1.02. The SMILES string of the molecule is CC(C)(C)CCNN.O=P(O)(O)O. The predicted octanol–water partition coefficient (Wildman–Crippen LogP) is -0.0427. The Morgan fingerprint density at radius 3 is 1.69 bits per heavy atom. The maximum Gasteiger partial charge on any atom is 0.466 e. The summed E-state index contributed by atoms with van der Waals surface area (Å²) in [7, 11) is -4.64. The quantitative estimate of drug-likeness (QED) is 0.250. The second kappa shape index (κ2) is 6.48. The number of nitrogens with two attached hydrogens (primary N) is 1. The Kier molecular flexibility index (Phi) is 7.72. The largest absolute Gasteiger partial charge is 0.466 e. The Morgan fingerprint density at radius 2 is 1.62 bits per heavy atom. The third-order valence-corrected chi connectivity index (χ3v) is 1.02. The maximum absolute atomic E-state index is 8.88. The summed E-state index contributed by atoms with van der Waals surface area (Å²) in [5.41, 5.74) is 3.03. The molecule has 0 aliphatic heterocycles. The molecule has 0 spiro atoms. The van der Waals surface area contributed by atoms with Crippen molar-refractivity contribution in [1.82, 2.24) is 5.43 Å². The van der Waals surface area contributed by atoms with E-state index in [4.69, 9.17) is 25.1 Å². The molecule has 0 unspecified atom stereocenters. The molecule has 0 saturated heterocycles. The molecule has 6 nitrogen and oxygen atoms in total. The maximum atomic E-state index is 8.88. The first kappa shape index (κ1) is 15.5. The second-order valence-corrected chi connectivity index (χ2v) is 4.80. The number of hydrogen-bond donors (Lipinski definition) is 5. The first-order valence-corrected chi connectivity index (χ1v) is 5.34. The molecule has 0 fully saturated rings. The van der Waals surface area contributed by atoms with Gasteiger partial charge in [-0.25, -0.2) is 4.57 Å². The van der Waals surface area contributed by atoms with Crippen LogP contribution in [0.1, 0.15) is 27.2 Å². The predicted molar refractivity (Wildman–Crippen MR) is 50.5 cm³/mol. The molecule has 0 amide bonds. The van der Waals surface area contributed by atoms with Crippen molar-refractivity contribution in [2.45, 2.75) is 27.2 Å². The van der Waals surface area contributed by atoms with E-state index in [9.17, 15) is 0 Å². The smallest absolute Gasteiger partial charge is 0.303 e. The number of nitrogens with one attached hydrogen (secondary N) is 1. The van der Waals surface area contributed by atoms with Crippen LogP contribution in [0.4, 0.5) is 0 Å². The van der Waals surface area contributed by atoms with Gasteiger partial charge in [-0.05, 0) is 11.8 Å². The molecule has 0 radical (unpaired) electrons. The van der Waals surface area contributed by atoms with E-state index in [0.717, 1.165) is 13.0 Å². The van der Waals surface area contributed by atoms with Crippen molar-refractivity contribution in [3.63, 3.8) is 0 Å². The Bertz CT molecular complexity index is 154. The van der Waals surface area contributed by atoms with Gasteiger partial charge in [-0.1, -0.05) is 20.8 Å². The molecule has 0 bridgehead atoms. The average Bonchev–Trinajstić information content (AvgIpc) is 1.77. The van der Waals surface area contributed by atoms with Crippen LogP contribution >= 0.6 is 7.82 Å².